The Balaban J connectivity index is 1.24. The van der Waals surface area contributed by atoms with Crippen molar-refractivity contribution in [2.24, 2.45) is 0 Å². The van der Waals surface area contributed by atoms with Crippen molar-refractivity contribution in [2.45, 2.75) is 69.9 Å². The van der Waals surface area contributed by atoms with Crippen LogP contribution in [-0.2, 0) is 16.1 Å². The largest absolute Gasteiger partial charge is 0.508 e. The first-order chi connectivity index (χ1) is 22.7. The van der Waals surface area contributed by atoms with E-state index in [1.54, 1.807) is 24.3 Å². The molecule has 0 bridgehead atoms. The summed E-state index contributed by atoms with van der Waals surface area (Å²) in [7, 11) is 0. The van der Waals surface area contributed by atoms with E-state index < -0.39 is 36.7 Å². The molecular formula is C36H42N2O9. The molecule has 3 aromatic carbocycles. The van der Waals surface area contributed by atoms with Gasteiger partial charge in [-0.1, -0.05) is 25.0 Å². The number of aliphatic hydroxyl groups excluding tert-OH is 3. The molecule has 2 aliphatic rings. The molecule has 4 aromatic rings. The average Bonchev–Trinajstić information content (AvgIpc) is 3.19. The maximum Gasteiger partial charge on any atom is 0.335 e. The number of nitrogens with zero attached hydrogens (tertiary/aromatic N) is 2. The van der Waals surface area contributed by atoms with Crippen molar-refractivity contribution in [1.29, 1.82) is 0 Å². The molecule has 0 spiro atoms. The van der Waals surface area contributed by atoms with E-state index in [1.165, 1.54) is 25.7 Å². The van der Waals surface area contributed by atoms with Gasteiger partial charge in [0.2, 0.25) is 6.29 Å². The van der Waals surface area contributed by atoms with Crippen LogP contribution in [-0.4, -0.2) is 97.9 Å². The Bertz CT molecular complexity index is 1660. The van der Waals surface area contributed by atoms with Crippen molar-refractivity contribution < 1.29 is 44.5 Å². The molecule has 3 heterocycles. The molecule has 2 saturated heterocycles. The van der Waals surface area contributed by atoms with Gasteiger partial charge >= 0.3 is 5.97 Å². The molecule has 11 nitrogen and oxygen atoms in total. The first-order valence-corrected chi connectivity index (χ1v) is 16.1. The van der Waals surface area contributed by atoms with Crippen LogP contribution in [0.2, 0.25) is 0 Å². The molecule has 1 aromatic heterocycles. The van der Waals surface area contributed by atoms with E-state index >= 15 is 0 Å². The number of hydrogen-bond acceptors (Lipinski definition) is 9. The highest BCUT2D eigenvalue weighted by molar-refractivity contribution is 5.92. The summed E-state index contributed by atoms with van der Waals surface area (Å²) in [5, 5.41) is 50.9. The number of phenolic OH excluding ortho intramolecular Hbond substituents is 1. The summed E-state index contributed by atoms with van der Waals surface area (Å²) in [4.78, 5) is 14.0. The van der Waals surface area contributed by atoms with Crippen LogP contribution in [0, 0.1) is 6.92 Å². The van der Waals surface area contributed by atoms with Crippen LogP contribution in [0.15, 0.2) is 66.7 Å². The number of phenols is 1. The van der Waals surface area contributed by atoms with Crippen molar-refractivity contribution in [1.82, 2.24) is 9.47 Å². The molecule has 0 saturated carbocycles. The second kappa shape index (κ2) is 14.3. The number of carboxylic acid groups (broad SMARTS) is 1. The molecule has 2 aliphatic heterocycles. The van der Waals surface area contributed by atoms with Crippen LogP contribution >= 0.6 is 0 Å². The van der Waals surface area contributed by atoms with Crippen LogP contribution < -0.4 is 9.47 Å². The second-order valence-electron chi connectivity index (χ2n) is 12.4. The van der Waals surface area contributed by atoms with E-state index in [9.17, 15) is 30.3 Å². The number of aliphatic hydroxyl groups is 3. The van der Waals surface area contributed by atoms with Crippen LogP contribution in [0.4, 0.5) is 0 Å². The van der Waals surface area contributed by atoms with E-state index in [-0.39, 0.29) is 11.5 Å². The molecule has 5 N–H and O–H groups in total. The minimum absolute atomic E-state index is 0.161. The number of carbonyl (C=O) groups is 1. The van der Waals surface area contributed by atoms with Gasteiger partial charge in [-0.2, -0.15) is 0 Å². The van der Waals surface area contributed by atoms with Gasteiger partial charge < -0.3 is 44.3 Å². The number of ether oxygens (including phenoxy) is 3. The van der Waals surface area contributed by atoms with Gasteiger partial charge in [-0.05, 0) is 104 Å². The zero-order valence-electron chi connectivity index (χ0n) is 26.4. The third-order valence-electron chi connectivity index (χ3n) is 9.13. The smallest absolute Gasteiger partial charge is 0.335 e. The highest BCUT2D eigenvalue weighted by Crippen LogP contribution is 2.37. The Morgan fingerprint density at radius 3 is 2.23 bits per heavy atom. The summed E-state index contributed by atoms with van der Waals surface area (Å²) >= 11 is 0. The van der Waals surface area contributed by atoms with E-state index in [4.69, 9.17) is 14.2 Å². The number of fused-ring (bicyclic) bond motifs is 1. The average molecular weight is 647 g/mol. The molecular weight excluding hydrogens is 604 g/mol. The number of aromatic nitrogens is 1. The number of rotatable bonds is 10. The number of aryl methyl sites for hydroxylation is 1. The predicted molar refractivity (Wildman–Crippen MR) is 175 cm³/mol. The summed E-state index contributed by atoms with van der Waals surface area (Å²) in [6, 6.07) is 20.4. The Labute approximate surface area is 273 Å². The zero-order chi connectivity index (χ0) is 33.1. The van der Waals surface area contributed by atoms with Gasteiger partial charge in [0.1, 0.15) is 42.2 Å². The molecule has 11 heteroatoms. The summed E-state index contributed by atoms with van der Waals surface area (Å²) in [6.45, 7) is 6.38. The van der Waals surface area contributed by atoms with E-state index in [2.05, 4.69) is 21.6 Å². The fourth-order valence-corrected chi connectivity index (χ4v) is 6.54. The molecule has 0 unspecified atom stereocenters. The van der Waals surface area contributed by atoms with E-state index in [0.717, 1.165) is 58.7 Å². The number of benzene rings is 3. The number of aromatic hydroxyl groups is 1. The van der Waals surface area contributed by atoms with Gasteiger partial charge in [0.25, 0.3) is 0 Å². The quantitative estimate of drug-likeness (QED) is 0.171. The van der Waals surface area contributed by atoms with E-state index in [1.807, 2.05) is 37.3 Å². The van der Waals surface area contributed by atoms with Gasteiger partial charge in [0.15, 0.2) is 6.10 Å². The number of aliphatic carboxylic acids is 1. The lowest BCUT2D eigenvalue weighted by Gasteiger charge is -2.38. The fourth-order valence-electron chi connectivity index (χ4n) is 6.54. The maximum absolute atomic E-state index is 11.6. The maximum atomic E-state index is 11.6. The van der Waals surface area contributed by atoms with Gasteiger partial charge in [0, 0.05) is 24.0 Å². The summed E-state index contributed by atoms with van der Waals surface area (Å²) in [5.74, 6) is -0.207. The van der Waals surface area contributed by atoms with Gasteiger partial charge in [0.05, 0.1) is 5.69 Å². The van der Waals surface area contributed by atoms with Crippen molar-refractivity contribution in [3.05, 3.63) is 77.9 Å². The Hall–Kier alpha value is -4.13. The van der Waals surface area contributed by atoms with Crippen molar-refractivity contribution in [2.75, 3.05) is 26.2 Å². The fraction of sp³-hybridized carbons (Fsp3) is 0.417. The van der Waals surface area contributed by atoms with Gasteiger partial charge in [-0.3, -0.25) is 4.90 Å². The Morgan fingerprint density at radius 1 is 0.872 bits per heavy atom. The van der Waals surface area contributed by atoms with Crippen LogP contribution in [0.3, 0.4) is 0 Å². The normalized spacial score (nSPS) is 23.8. The topological polar surface area (TPSA) is 154 Å². The predicted octanol–water partition coefficient (Wildman–Crippen LogP) is 3.90. The molecule has 6 rings (SSSR count). The van der Waals surface area contributed by atoms with Crippen LogP contribution in [0.1, 0.15) is 36.8 Å². The Kier molecular flexibility index (Phi) is 10.00. The molecule has 2 fully saturated rings. The van der Waals surface area contributed by atoms with Crippen LogP contribution in [0.5, 0.6) is 17.2 Å². The molecule has 250 valence electrons. The SMILES string of the molecule is Cc1c(-c2ccc(O)cc2)n(Cc2ccc(OCCN3CCCCCC3)cc2)c2ccc(O[C@@H]3O[C@H](C(=O)O)[C@@H](O)[C@@H](O)[C@@H]3O)cc12. The Morgan fingerprint density at radius 2 is 1.55 bits per heavy atom. The number of carboxylic acids is 1. The van der Waals surface area contributed by atoms with E-state index in [0.29, 0.717) is 13.2 Å². The first-order valence-electron chi connectivity index (χ1n) is 16.1. The van der Waals surface area contributed by atoms with Gasteiger partial charge in [-0.25, -0.2) is 4.79 Å². The van der Waals surface area contributed by atoms with Crippen molar-refractivity contribution in [3.63, 3.8) is 0 Å². The molecule has 0 amide bonds. The van der Waals surface area contributed by atoms with Crippen LogP contribution in [0.25, 0.3) is 22.2 Å². The lowest BCUT2D eigenvalue weighted by atomic mass is 9.99. The second-order valence-corrected chi connectivity index (χ2v) is 12.4. The monoisotopic (exact) mass is 646 g/mol. The molecule has 47 heavy (non-hydrogen) atoms. The summed E-state index contributed by atoms with van der Waals surface area (Å²) in [5.41, 5.74) is 4.75. The first kappa shape index (κ1) is 32.8. The molecule has 0 aliphatic carbocycles. The minimum Gasteiger partial charge on any atom is -0.508 e. The lowest BCUT2D eigenvalue weighted by Crippen LogP contribution is -2.61. The highest BCUT2D eigenvalue weighted by Gasteiger charge is 2.48. The summed E-state index contributed by atoms with van der Waals surface area (Å²) < 4.78 is 19.4. The molecule has 5 atom stereocenters. The number of likely N-dealkylation sites (tertiary alicyclic amines) is 1. The molecule has 0 radical (unpaired) electrons. The number of hydrogen-bond donors (Lipinski definition) is 5. The minimum atomic E-state index is -1.81. The lowest BCUT2D eigenvalue weighted by molar-refractivity contribution is -0.271. The zero-order valence-corrected chi connectivity index (χ0v) is 26.4. The third-order valence-corrected chi connectivity index (χ3v) is 9.13. The summed E-state index contributed by atoms with van der Waals surface area (Å²) in [6.07, 6.45) is -3.40. The highest BCUT2D eigenvalue weighted by atomic mass is 16.7. The van der Waals surface area contributed by atoms with Crippen molar-refractivity contribution >= 4 is 16.9 Å². The third kappa shape index (κ3) is 7.24. The van der Waals surface area contributed by atoms with Gasteiger partial charge in [-0.15, -0.1) is 0 Å². The van der Waals surface area contributed by atoms with Crippen molar-refractivity contribution in [3.8, 4) is 28.5 Å². The standard InChI is InChI=1S/C36H42N2O9/c1-22-28-20-27(46-36-33(42)31(40)32(41)34(47-36)35(43)44)14-15-29(28)38(30(22)24-8-10-25(39)11-9-24)21-23-6-12-26(13-7-23)45-19-18-37-16-4-2-3-5-17-37/h6-15,20,31-34,36,39-42H,2-5,16-19,21H2,1H3,(H,43,44)/t31-,32+,33+,34+,36-/m1/s1.